The summed E-state index contributed by atoms with van der Waals surface area (Å²) in [5.74, 6) is 9.95. The molecule has 0 bridgehead atoms. The zero-order valence-corrected chi connectivity index (χ0v) is 86.6. The Morgan fingerprint density at radius 3 is 0.864 bits per heavy atom. The van der Waals surface area contributed by atoms with Gasteiger partial charge in [-0.15, -0.1) is 24.8 Å². The summed E-state index contributed by atoms with van der Waals surface area (Å²) >= 11 is 16.6. The number of terminal acetylenes is 1. The molecular weight excluding hydrogens is 2010 g/mol. The van der Waals surface area contributed by atoms with Gasteiger partial charge in [-0.3, -0.25) is 0 Å². The van der Waals surface area contributed by atoms with E-state index >= 15 is 0 Å². The number of pyridine rings is 2. The average Bonchev–Trinajstić information content (AvgIpc) is 1.60. The Bertz CT molecular complexity index is 6330. The number of nitrogen functional groups attached to an aromatic ring is 2. The molecule has 0 aliphatic rings. The molecule has 5 N–H and O–H groups in total. The first-order valence-electron chi connectivity index (χ1n) is 45.7. The molecule has 16 aromatic carbocycles. The van der Waals surface area contributed by atoms with E-state index in [2.05, 4.69) is 459 Å². The Morgan fingerprint density at radius 2 is 0.607 bits per heavy atom. The van der Waals surface area contributed by atoms with Gasteiger partial charge in [-0.05, 0) is 181 Å². The number of fused-ring (bicyclic) bond motifs is 2. The molecule has 0 fully saturated rings. The number of rotatable bonds is 23. The minimum absolute atomic E-state index is 0. The summed E-state index contributed by atoms with van der Waals surface area (Å²) in [5, 5.41) is 28.6. The average molecular weight is 2120 g/mol. The largest absolute Gasteiger partial charge is 0.396 e. The predicted molar refractivity (Wildman–Crippen MR) is 609 cm³/mol. The van der Waals surface area contributed by atoms with Crippen molar-refractivity contribution in [3.63, 3.8) is 0 Å². The van der Waals surface area contributed by atoms with Crippen LogP contribution >= 0.6 is 83.2 Å². The van der Waals surface area contributed by atoms with Crippen LogP contribution in [-0.4, -0.2) is 44.5 Å². The molecule has 0 aliphatic heterocycles. The van der Waals surface area contributed by atoms with Crippen LogP contribution in [0.1, 0.15) is 42.6 Å². The van der Waals surface area contributed by atoms with Gasteiger partial charge in [0.05, 0.1) is 41.4 Å². The first kappa shape index (κ1) is 106. The van der Waals surface area contributed by atoms with E-state index in [1.165, 1.54) is 63.7 Å². The fourth-order valence-corrected chi connectivity index (χ4v) is 25.6. The van der Waals surface area contributed by atoms with E-state index in [9.17, 15) is 0 Å². The number of hydrogen-bond acceptors (Lipinski definition) is 6. The van der Waals surface area contributed by atoms with Crippen LogP contribution in [0.3, 0.4) is 0 Å². The maximum absolute atomic E-state index is 8.10. The second-order valence-electron chi connectivity index (χ2n) is 31.6. The zero-order valence-electron chi connectivity index (χ0n) is 77.5. The summed E-state index contributed by atoms with van der Waals surface area (Å²) in [5.41, 5.74) is 20.8. The summed E-state index contributed by atoms with van der Waals surface area (Å²) < 4.78 is 10.6. The van der Waals surface area contributed by atoms with E-state index in [1.54, 1.807) is 19.2 Å². The van der Waals surface area contributed by atoms with Gasteiger partial charge >= 0.3 is 0 Å². The van der Waals surface area contributed by atoms with E-state index in [0.29, 0.717) is 36.2 Å². The number of hydrogen-bond donors (Lipinski definition) is 3. The number of ether oxygens (including phenoxy) is 1. The first-order chi connectivity index (χ1) is 68.0. The normalized spacial score (nSPS) is 10.4. The SMILES string of the molecule is C#CCCCO.COCCCC#Cc1ccc2cc(-c3ccccc3Cl)n(Cc3cccc(N)n3)c2c1.Cl.Nc1cccc(Cn2c(-c3ccccc3Cl)cc3ccc(Br)cc32)n1.[Pd].c1ccc(P(c2ccccc2)c2ccccc2)cc1.c1ccc(P(c2ccccc2)c2ccccc2)cc1.c1ccc(P(c2ccccc2)c2ccccc2)cc1.c1ccc(P(c2ccccc2)c2ccccc2)cc1. The Hall–Kier alpha value is -12.7. The van der Waals surface area contributed by atoms with Crippen molar-refractivity contribution in [3.8, 4) is 46.7 Å². The molecule has 20 rings (SSSR count). The van der Waals surface area contributed by atoms with Gasteiger partial charge in [0, 0.05) is 101 Å². The molecule has 140 heavy (non-hydrogen) atoms. The molecule has 0 atom stereocenters. The Morgan fingerprint density at radius 1 is 0.336 bits per heavy atom. The smallest absolute Gasteiger partial charge is 0.123 e. The van der Waals surface area contributed by atoms with Gasteiger partial charge in [0.1, 0.15) is 11.6 Å². The quantitative estimate of drug-likeness (QED) is 0.0254. The molecule has 700 valence electrons. The third-order valence-corrected chi connectivity index (χ3v) is 32.8. The first-order valence-corrected chi connectivity index (χ1v) is 52.6. The second kappa shape index (κ2) is 57.7. The second-order valence-corrected chi connectivity index (χ2v) is 42.2. The number of aromatic nitrogens is 4. The van der Waals surface area contributed by atoms with E-state index in [0.717, 1.165) is 96.6 Å². The van der Waals surface area contributed by atoms with Crippen LogP contribution in [0.4, 0.5) is 11.6 Å². The Balaban J connectivity index is 0.000000149. The maximum Gasteiger partial charge on any atom is 0.123 e. The maximum atomic E-state index is 8.10. The molecule has 8 nitrogen and oxygen atoms in total. The van der Waals surface area contributed by atoms with E-state index in [1.807, 2.05) is 78.9 Å². The van der Waals surface area contributed by atoms with Gasteiger partial charge < -0.3 is 30.4 Å². The van der Waals surface area contributed by atoms with E-state index < -0.39 is 31.7 Å². The fourth-order valence-electron chi connectivity index (χ4n) is 15.5. The van der Waals surface area contributed by atoms with Crippen LogP contribution in [0.25, 0.3) is 44.3 Å². The van der Waals surface area contributed by atoms with Gasteiger partial charge in [-0.1, -0.05) is 476 Å². The van der Waals surface area contributed by atoms with Crippen molar-refractivity contribution < 1.29 is 30.3 Å². The minimum Gasteiger partial charge on any atom is -0.396 e. The third-order valence-electron chi connectivity index (χ3n) is 21.9. The van der Waals surface area contributed by atoms with Crippen LogP contribution in [0, 0.1) is 24.2 Å². The van der Waals surface area contributed by atoms with Gasteiger partial charge in [0.25, 0.3) is 0 Å². The molecular formula is C123H108BrCl3N6O2P4Pd. The molecule has 0 spiro atoms. The number of unbranched alkanes of at least 4 members (excludes halogenated alkanes) is 2. The summed E-state index contributed by atoms with van der Waals surface area (Å²) in [7, 11) is -0.0743. The summed E-state index contributed by atoms with van der Waals surface area (Å²) in [6.45, 7) is 2.14. The van der Waals surface area contributed by atoms with Crippen LogP contribution in [0.15, 0.2) is 502 Å². The molecule has 0 saturated carbocycles. The molecule has 0 unspecified atom stereocenters. The van der Waals surface area contributed by atoms with Crippen molar-refractivity contribution in [1.82, 2.24) is 19.1 Å². The van der Waals surface area contributed by atoms with Gasteiger partial charge in [0.15, 0.2) is 0 Å². The number of nitrogens with zero attached hydrogens (tertiary/aromatic N) is 4. The molecule has 4 heterocycles. The van der Waals surface area contributed by atoms with Crippen molar-refractivity contribution >= 4 is 180 Å². The molecule has 17 heteroatoms. The number of methoxy groups -OCH3 is 1. The van der Waals surface area contributed by atoms with Gasteiger partial charge in [0.2, 0.25) is 0 Å². The fraction of sp³-hybridized carbons (Fsp3) is 0.0732. The number of benzene rings is 16. The monoisotopic (exact) mass is 2110 g/mol. The van der Waals surface area contributed by atoms with Crippen molar-refractivity contribution in [2.75, 3.05) is 31.8 Å². The van der Waals surface area contributed by atoms with Crippen molar-refractivity contribution in [1.29, 1.82) is 0 Å². The number of halogens is 4. The minimum atomic E-state index is -0.446. The zero-order chi connectivity index (χ0) is 95.5. The number of nitrogens with two attached hydrogens (primary N) is 2. The molecule has 0 aliphatic carbocycles. The van der Waals surface area contributed by atoms with E-state index in [-0.39, 0.29) is 39.4 Å². The number of aliphatic hydroxyl groups is 1. The number of aliphatic hydroxyl groups excluding tert-OH is 1. The van der Waals surface area contributed by atoms with Gasteiger partial charge in [-0.25, -0.2) is 9.97 Å². The molecule has 0 radical (unpaired) electrons. The topological polar surface area (TPSA) is 117 Å². The van der Waals surface area contributed by atoms with Crippen molar-refractivity contribution in [3.05, 3.63) is 529 Å². The molecule has 20 aromatic rings. The predicted octanol–water partition coefficient (Wildman–Crippen LogP) is 26.1. The van der Waals surface area contributed by atoms with Crippen LogP contribution in [-0.2, 0) is 38.2 Å². The third kappa shape index (κ3) is 31.1. The van der Waals surface area contributed by atoms with Gasteiger partial charge in [-0.2, -0.15) is 0 Å². The summed E-state index contributed by atoms with van der Waals surface area (Å²) in [6, 6.07) is 173. The Labute approximate surface area is 868 Å². The van der Waals surface area contributed by atoms with Crippen LogP contribution < -0.4 is 75.1 Å². The molecule has 4 aromatic heterocycles. The van der Waals surface area contributed by atoms with Crippen LogP contribution in [0.2, 0.25) is 10.0 Å². The summed E-state index contributed by atoms with van der Waals surface area (Å²) in [4.78, 5) is 8.94. The molecule has 0 amide bonds. The van der Waals surface area contributed by atoms with Crippen molar-refractivity contribution in [2.45, 2.75) is 38.8 Å². The molecule has 0 saturated heterocycles. The summed E-state index contributed by atoms with van der Waals surface area (Å²) in [6.07, 6.45) is 8.02. The standard InChI is InChI=1S/C26H24ClN3O.C20H15BrClN3.4C18H15P.C5H8O.ClH.Pd/c1-31-15-6-2-3-8-19-13-14-20-17-25(22-10-4-5-11-23(22)27)30(24(20)16-19)18-21-9-7-12-26(28)29-21;21-14-9-8-13-10-19(16-5-1-2-6-17(16)22)25(18(13)11-14)12-15-4-3-7-20(23)24-15;4*1-4-10-16(11-5-1)19(17-12-6-2-7-13-17)18-14-8-3-9-15-18;1-2-3-4-5-6;;/h4-5,7,9-14,16-17H,2,6,15,18H2,1H3,(H2,28,29);1-11H,12H2,(H2,23,24);4*1-15H;1,6H,3-5H2;1H;. The van der Waals surface area contributed by atoms with Crippen LogP contribution in [0.5, 0.6) is 0 Å². The van der Waals surface area contributed by atoms with E-state index in [4.69, 9.17) is 50.9 Å². The Kier molecular flexibility index (Phi) is 43.8. The van der Waals surface area contributed by atoms with Crippen molar-refractivity contribution in [2.24, 2.45) is 0 Å². The number of anilines is 2.